The molecule has 0 aliphatic carbocycles. The van der Waals surface area contributed by atoms with Crippen LogP contribution in [0.15, 0.2) is 30.5 Å². The Morgan fingerprint density at radius 3 is 3.00 bits per heavy atom. The molecule has 2 bridgehead atoms. The molecule has 0 spiro atoms. The Bertz CT molecular complexity index is 765. The Hall–Kier alpha value is -1.62. The lowest BCUT2D eigenvalue weighted by molar-refractivity contribution is 0.166. The lowest BCUT2D eigenvalue weighted by Crippen LogP contribution is -2.37. The normalized spacial score (nSPS) is 22.5. The molecule has 1 fully saturated rings. The third-order valence-electron chi connectivity index (χ3n) is 5.28. The first kappa shape index (κ1) is 15.9. The van der Waals surface area contributed by atoms with Gasteiger partial charge in [0.2, 0.25) is 0 Å². The van der Waals surface area contributed by atoms with Crippen LogP contribution in [-0.4, -0.2) is 28.1 Å². The fraction of sp³-hybridized carbons (Fsp3) is 0.421. The molecule has 1 saturated heterocycles. The Balaban J connectivity index is 1.62. The summed E-state index contributed by atoms with van der Waals surface area (Å²) in [5.41, 5.74) is 4.53. The SMILES string of the molecule is COc1ccc(CN2C3CCC2c2cc(Cl)cnc2C3)cc1CO. The molecule has 0 radical (unpaired) electrons. The van der Waals surface area contributed by atoms with Gasteiger partial charge in [-0.15, -0.1) is 0 Å². The number of halogens is 1. The molecule has 2 aromatic rings. The zero-order valence-corrected chi connectivity index (χ0v) is 14.5. The Kier molecular flexibility index (Phi) is 4.21. The molecule has 4 nitrogen and oxygen atoms in total. The van der Waals surface area contributed by atoms with Crippen LogP contribution in [0.25, 0.3) is 0 Å². The van der Waals surface area contributed by atoms with Gasteiger partial charge in [0, 0.05) is 42.5 Å². The molecule has 0 amide bonds. The Morgan fingerprint density at radius 2 is 2.21 bits per heavy atom. The minimum absolute atomic E-state index is 0.00771. The summed E-state index contributed by atoms with van der Waals surface area (Å²) in [4.78, 5) is 7.10. The zero-order chi connectivity index (χ0) is 16.7. The van der Waals surface area contributed by atoms with Crippen LogP contribution in [0.5, 0.6) is 5.75 Å². The predicted molar refractivity (Wildman–Crippen MR) is 93.2 cm³/mol. The van der Waals surface area contributed by atoms with E-state index in [0.29, 0.717) is 17.1 Å². The highest BCUT2D eigenvalue weighted by atomic mass is 35.5. The average Bonchev–Trinajstić information content (AvgIpc) is 2.88. The van der Waals surface area contributed by atoms with Crippen LogP contribution in [0.4, 0.5) is 0 Å². The van der Waals surface area contributed by atoms with Crippen molar-refractivity contribution in [3.63, 3.8) is 0 Å². The van der Waals surface area contributed by atoms with Gasteiger partial charge in [-0.2, -0.15) is 0 Å². The maximum atomic E-state index is 9.54. The quantitative estimate of drug-likeness (QED) is 0.922. The van der Waals surface area contributed by atoms with E-state index in [1.807, 2.05) is 12.1 Å². The molecule has 24 heavy (non-hydrogen) atoms. The number of methoxy groups -OCH3 is 1. The van der Waals surface area contributed by atoms with Crippen molar-refractivity contribution in [2.75, 3.05) is 7.11 Å². The predicted octanol–water partition coefficient (Wildman–Crippen LogP) is 3.50. The number of hydrogen-bond donors (Lipinski definition) is 1. The highest BCUT2D eigenvalue weighted by Crippen LogP contribution is 2.44. The molecule has 1 aromatic carbocycles. The zero-order valence-electron chi connectivity index (χ0n) is 13.7. The van der Waals surface area contributed by atoms with Crippen molar-refractivity contribution in [3.8, 4) is 5.75 Å². The van der Waals surface area contributed by atoms with Crippen LogP contribution >= 0.6 is 11.6 Å². The molecule has 2 atom stereocenters. The molecule has 1 aromatic heterocycles. The average molecular weight is 345 g/mol. The molecule has 0 saturated carbocycles. The Morgan fingerprint density at radius 1 is 1.33 bits per heavy atom. The molecule has 5 heteroatoms. The second kappa shape index (κ2) is 6.36. The van der Waals surface area contributed by atoms with Crippen LogP contribution < -0.4 is 4.74 Å². The van der Waals surface area contributed by atoms with Gasteiger partial charge in [-0.1, -0.05) is 17.7 Å². The van der Waals surface area contributed by atoms with E-state index >= 15 is 0 Å². The number of aliphatic hydroxyl groups excluding tert-OH is 1. The van der Waals surface area contributed by atoms with Crippen molar-refractivity contribution in [2.24, 2.45) is 0 Å². The van der Waals surface area contributed by atoms with Gasteiger partial charge in [0.1, 0.15) is 5.75 Å². The number of ether oxygens (including phenoxy) is 1. The van der Waals surface area contributed by atoms with Gasteiger partial charge < -0.3 is 9.84 Å². The molecule has 2 aliphatic heterocycles. The van der Waals surface area contributed by atoms with E-state index in [9.17, 15) is 5.11 Å². The van der Waals surface area contributed by atoms with Gasteiger partial charge in [-0.05, 0) is 42.2 Å². The minimum atomic E-state index is -0.00771. The minimum Gasteiger partial charge on any atom is -0.496 e. The van der Waals surface area contributed by atoms with Crippen molar-refractivity contribution in [2.45, 2.75) is 44.5 Å². The van der Waals surface area contributed by atoms with Crippen molar-refractivity contribution >= 4 is 11.6 Å². The molecule has 126 valence electrons. The van der Waals surface area contributed by atoms with E-state index in [4.69, 9.17) is 16.3 Å². The maximum Gasteiger partial charge on any atom is 0.124 e. The van der Waals surface area contributed by atoms with Gasteiger partial charge in [0.15, 0.2) is 0 Å². The topological polar surface area (TPSA) is 45.6 Å². The first-order valence-electron chi connectivity index (χ1n) is 8.36. The number of benzene rings is 1. The monoisotopic (exact) mass is 344 g/mol. The summed E-state index contributed by atoms with van der Waals surface area (Å²) in [7, 11) is 1.63. The third-order valence-corrected chi connectivity index (χ3v) is 5.49. The smallest absolute Gasteiger partial charge is 0.124 e. The fourth-order valence-corrected chi connectivity index (χ4v) is 4.33. The van der Waals surface area contributed by atoms with Gasteiger partial charge in [-0.25, -0.2) is 0 Å². The van der Waals surface area contributed by atoms with Crippen molar-refractivity contribution in [1.82, 2.24) is 9.88 Å². The molecule has 4 rings (SSSR count). The van der Waals surface area contributed by atoms with Gasteiger partial charge in [-0.3, -0.25) is 9.88 Å². The van der Waals surface area contributed by atoms with Crippen LogP contribution in [0, 0.1) is 0 Å². The first-order valence-corrected chi connectivity index (χ1v) is 8.74. The van der Waals surface area contributed by atoms with Crippen LogP contribution in [0.1, 0.15) is 41.3 Å². The van der Waals surface area contributed by atoms with Crippen LogP contribution in [-0.2, 0) is 19.6 Å². The highest BCUT2D eigenvalue weighted by molar-refractivity contribution is 6.30. The van der Waals surface area contributed by atoms with E-state index < -0.39 is 0 Å². The number of hydrogen-bond acceptors (Lipinski definition) is 4. The molecule has 3 heterocycles. The molecule has 2 aliphatic rings. The summed E-state index contributed by atoms with van der Waals surface area (Å²) in [6.45, 7) is 0.866. The summed E-state index contributed by atoms with van der Waals surface area (Å²) in [5, 5.41) is 10.3. The van der Waals surface area contributed by atoms with Crippen molar-refractivity contribution < 1.29 is 9.84 Å². The van der Waals surface area contributed by atoms with Gasteiger partial charge in [0.05, 0.1) is 18.7 Å². The number of aliphatic hydroxyl groups is 1. The largest absolute Gasteiger partial charge is 0.496 e. The number of aromatic nitrogens is 1. The van der Waals surface area contributed by atoms with E-state index in [1.54, 1.807) is 13.3 Å². The lowest BCUT2D eigenvalue weighted by atomic mass is 9.97. The summed E-state index contributed by atoms with van der Waals surface area (Å²) in [6, 6.07) is 9.09. The molecular formula is C19H21ClN2O2. The fourth-order valence-electron chi connectivity index (χ4n) is 4.16. The number of nitrogens with zero attached hydrogens (tertiary/aromatic N) is 2. The Labute approximate surface area is 147 Å². The van der Waals surface area contributed by atoms with E-state index in [1.165, 1.54) is 23.2 Å². The number of fused-ring (bicyclic) bond motifs is 4. The van der Waals surface area contributed by atoms with Gasteiger partial charge in [0.25, 0.3) is 0 Å². The molecule has 1 N–H and O–H groups in total. The lowest BCUT2D eigenvalue weighted by Gasteiger charge is -2.36. The number of pyridine rings is 1. The second-order valence-electron chi connectivity index (χ2n) is 6.62. The number of rotatable bonds is 4. The second-order valence-corrected chi connectivity index (χ2v) is 7.05. The highest BCUT2D eigenvalue weighted by Gasteiger charge is 2.40. The molecule has 2 unspecified atom stereocenters. The summed E-state index contributed by atoms with van der Waals surface area (Å²) >= 11 is 6.17. The first-order chi connectivity index (χ1) is 11.7. The van der Waals surface area contributed by atoms with Crippen LogP contribution in [0.3, 0.4) is 0 Å². The van der Waals surface area contributed by atoms with Crippen molar-refractivity contribution in [1.29, 1.82) is 0 Å². The summed E-state index contributed by atoms with van der Waals surface area (Å²) < 4.78 is 5.30. The van der Waals surface area contributed by atoms with E-state index in [-0.39, 0.29) is 6.61 Å². The summed E-state index contributed by atoms with van der Waals surface area (Å²) in [6.07, 6.45) is 5.10. The summed E-state index contributed by atoms with van der Waals surface area (Å²) in [5.74, 6) is 0.740. The maximum absolute atomic E-state index is 9.54. The van der Waals surface area contributed by atoms with E-state index in [2.05, 4.69) is 22.0 Å². The van der Waals surface area contributed by atoms with E-state index in [0.717, 1.165) is 30.7 Å². The standard InChI is InChI=1S/C19H21ClN2O2/c1-24-19-5-2-12(6-13(19)11-23)10-22-15-3-4-18(22)16-7-14(20)9-21-17(16)8-15/h2,5-7,9,15,18,23H,3-4,8,10-11H2,1H3. The van der Waals surface area contributed by atoms with Crippen molar-refractivity contribution in [3.05, 3.63) is 57.9 Å². The van der Waals surface area contributed by atoms with Crippen LogP contribution in [0.2, 0.25) is 5.02 Å². The van der Waals surface area contributed by atoms with Gasteiger partial charge >= 0.3 is 0 Å². The molecular weight excluding hydrogens is 324 g/mol. The third kappa shape index (κ3) is 2.69.